The van der Waals surface area contributed by atoms with E-state index in [1.165, 1.54) is 0 Å². The second kappa shape index (κ2) is 8.26. The molecule has 0 aliphatic carbocycles. The average Bonchev–Trinajstić information content (AvgIpc) is 3.64. The molecule has 0 bridgehead atoms. The van der Waals surface area contributed by atoms with E-state index in [4.69, 9.17) is 4.74 Å². The number of rotatable bonds is 4. The van der Waals surface area contributed by atoms with Crippen LogP contribution in [0.1, 0.15) is 52.4 Å². The molecule has 0 radical (unpaired) electrons. The van der Waals surface area contributed by atoms with Crippen molar-refractivity contribution in [2.45, 2.75) is 50.6 Å². The number of Topliss-reactive ketones (excluding diaryl/α,β-unsaturated/α-hetero) is 1. The van der Waals surface area contributed by atoms with Crippen molar-refractivity contribution in [3.8, 4) is 5.75 Å². The van der Waals surface area contributed by atoms with Crippen LogP contribution in [0, 0.1) is 19.8 Å². The summed E-state index contributed by atoms with van der Waals surface area (Å²) >= 11 is 0. The smallest absolute Gasteiger partial charge is 0.251 e. The van der Waals surface area contributed by atoms with E-state index in [9.17, 15) is 14.4 Å². The van der Waals surface area contributed by atoms with E-state index in [-0.39, 0.29) is 23.6 Å². The molecular formula is C32H31N3O4. The summed E-state index contributed by atoms with van der Waals surface area (Å²) in [6, 6.07) is 18.6. The molecule has 7 nitrogen and oxygen atoms in total. The minimum atomic E-state index is -1.46. The lowest BCUT2D eigenvalue weighted by molar-refractivity contribution is -0.137. The summed E-state index contributed by atoms with van der Waals surface area (Å²) in [6.45, 7) is 6.92. The summed E-state index contributed by atoms with van der Waals surface area (Å²) in [5.74, 6) is -0.987. The zero-order valence-electron chi connectivity index (χ0n) is 22.3. The Bertz CT molecular complexity index is 1580. The van der Waals surface area contributed by atoms with Gasteiger partial charge in [-0.05, 0) is 69.5 Å². The number of nitrogens with one attached hydrogen (secondary N) is 2. The third kappa shape index (κ3) is 2.78. The quantitative estimate of drug-likeness (QED) is 0.486. The van der Waals surface area contributed by atoms with Gasteiger partial charge in [0, 0.05) is 23.0 Å². The third-order valence-corrected chi connectivity index (χ3v) is 9.28. The Kier molecular flexibility index (Phi) is 5.11. The molecule has 3 aromatic rings. The van der Waals surface area contributed by atoms with Crippen LogP contribution in [0.15, 0.2) is 60.7 Å². The van der Waals surface area contributed by atoms with Gasteiger partial charge in [-0.1, -0.05) is 48.0 Å². The van der Waals surface area contributed by atoms with E-state index in [1.54, 1.807) is 12.1 Å². The Hall–Kier alpha value is -3.97. The summed E-state index contributed by atoms with van der Waals surface area (Å²) in [5, 5.41) is 6.27. The first-order valence-corrected chi connectivity index (χ1v) is 13.7. The molecule has 3 aromatic carbocycles. The summed E-state index contributed by atoms with van der Waals surface area (Å²) < 4.78 is 5.89. The number of hydrogen-bond donors (Lipinski definition) is 2. The lowest BCUT2D eigenvalue weighted by Crippen LogP contribution is -2.62. The largest absolute Gasteiger partial charge is 0.493 e. The molecule has 2 N–H and O–H groups in total. The van der Waals surface area contributed by atoms with Crippen LogP contribution in [0.5, 0.6) is 5.75 Å². The Morgan fingerprint density at radius 2 is 1.77 bits per heavy atom. The molecule has 2 spiro atoms. The van der Waals surface area contributed by atoms with Crippen molar-refractivity contribution in [1.29, 1.82) is 0 Å². The molecule has 2 saturated heterocycles. The van der Waals surface area contributed by atoms with Gasteiger partial charge in [0.05, 0.1) is 18.1 Å². The number of nitrogens with zero attached hydrogens (tertiary/aromatic N) is 1. The highest BCUT2D eigenvalue weighted by molar-refractivity contribution is 6.21. The van der Waals surface area contributed by atoms with Gasteiger partial charge in [0.25, 0.3) is 5.91 Å². The summed E-state index contributed by atoms with van der Waals surface area (Å²) in [4.78, 5) is 46.3. The first-order valence-electron chi connectivity index (χ1n) is 13.7. The standard InChI is InChI=1S/C32H31N3O4/c1-4-39-25-14-8-5-10-20(25)28(36)26-24-13-9-15-35(24)32(22-17-18(2)16-19(3)27(22)34-30(32)38)31(26)21-11-6-7-12-23(21)33-29(31)37/h5-8,10-12,14,16-17,24,26H,4,9,13,15H2,1-3H3,(H,33,37)(H,34,38)/t24-,26+,31-,32+/m0/s1. The highest BCUT2D eigenvalue weighted by Gasteiger charge is 2.81. The van der Waals surface area contributed by atoms with Gasteiger partial charge in [0.15, 0.2) is 5.78 Å². The molecule has 198 valence electrons. The Morgan fingerprint density at radius 3 is 2.59 bits per heavy atom. The molecule has 4 aliphatic heterocycles. The zero-order chi connectivity index (χ0) is 27.1. The van der Waals surface area contributed by atoms with Crippen molar-refractivity contribution < 1.29 is 19.1 Å². The van der Waals surface area contributed by atoms with E-state index < -0.39 is 16.9 Å². The van der Waals surface area contributed by atoms with E-state index in [1.807, 2.05) is 69.3 Å². The van der Waals surface area contributed by atoms with Crippen molar-refractivity contribution in [2.75, 3.05) is 23.8 Å². The van der Waals surface area contributed by atoms with Crippen molar-refractivity contribution in [1.82, 2.24) is 4.90 Å². The monoisotopic (exact) mass is 521 g/mol. The lowest BCUT2D eigenvalue weighted by atomic mass is 9.57. The number of anilines is 2. The van der Waals surface area contributed by atoms with Crippen LogP contribution in [-0.4, -0.2) is 41.7 Å². The number of carbonyl (C=O) groups excluding carboxylic acids is 3. The van der Waals surface area contributed by atoms with Crippen molar-refractivity contribution >= 4 is 29.0 Å². The predicted molar refractivity (Wildman–Crippen MR) is 148 cm³/mol. The lowest BCUT2D eigenvalue weighted by Gasteiger charge is -2.43. The van der Waals surface area contributed by atoms with Gasteiger partial charge in [-0.25, -0.2) is 0 Å². The van der Waals surface area contributed by atoms with Crippen LogP contribution in [0.4, 0.5) is 11.4 Å². The Labute approximate surface area is 227 Å². The highest BCUT2D eigenvalue weighted by atomic mass is 16.5. The predicted octanol–water partition coefficient (Wildman–Crippen LogP) is 4.72. The van der Waals surface area contributed by atoms with Crippen molar-refractivity contribution in [3.05, 3.63) is 88.5 Å². The third-order valence-electron chi connectivity index (χ3n) is 9.28. The average molecular weight is 522 g/mol. The molecule has 2 amide bonds. The van der Waals surface area contributed by atoms with Gasteiger partial charge >= 0.3 is 0 Å². The number of amides is 2. The Morgan fingerprint density at radius 1 is 1.00 bits per heavy atom. The Balaban J connectivity index is 1.59. The van der Waals surface area contributed by atoms with E-state index >= 15 is 0 Å². The summed E-state index contributed by atoms with van der Waals surface area (Å²) in [5.41, 5.74) is 2.49. The molecule has 7 rings (SSSR count). The molecule has 4 aliphatic rings. The number of aryl methyl sites for hydroxylation is 2. The van der Waals surface area contributed by atoms with Gasteiger partial charge in [0.2, 0.25) is 5.91 Å². The van der Waals surface area contributed by atoms with Gasteiger partial charge in [-0.15, -0.1) is 0 Å². The van der Waals surface area contributed by atoms with E-state index in [0.717, 1.165) is 35.2 Å². The normalized spacial score (nSPS) is 28.4. The second-order valence-corrected chi connectivity index (χ2v) is 11.2. The van der Waals surface area contributed by atoms with Gasteiger partial charge in [-0.3, -0.25) is 19.3 Å². The minimum absolute atomic E-state index is 0.162. The maximum Gasteiger partial charge on any atom is 0.251 e. The number of carbonyl (C=O) groups is 3. The number of para-hydroxylation sites is 2. The fourth-order valence-electron chi connectivity index (χ4n) is 8.16. The maximum atomic E-state index is 14.9. The van der Waals surface area contributed by atoms with E-state index in [2.05, 4.69) is 15.5 Å². The van der Waals surface area contributed by atoms with Crippen molar-refractivity contribution in [3.63, 3.8) is 0 Å². The maximum absolute atomic E-state index is 14.9. The summed E-state index contributed by atoms with van der Waals surface area (Å²) in [7, 11) is 0. The number of ether oxygens (including phenoxy) is 1. The highest BCUT2D eigenvalue weighted by Crippen LogP contribution is 2.68. The molecule has 4 heterocycles. The fourth-order valence-corrected chi connectivity index (χ4v) is 8.16. The first kappa shape index (κ1) is 24.1. The molecular weight excluding hydrogens is 490 g/mol. The molecule has 4 atom stereocenters. The van der Waals surface area contributed by atoms with Gasteiger partial charge < -0.3 is 15.4 Å². The van der Waals surface area contributed by atoms with Crippen LogP contribution in [-0.2, 0) is 20.5 Å². The van der Waals surface area contributed by atoms with Gasteiger partial charge in [-0.2, -0.15) is 0 Å². The van der Waals surface area contributed by atoms with Crippen LogP contribution in [0.2, 0.25) is 0 Å². The van der Waals surface area contributed by atoms with E-state index in [0.29, 0.717) is 35.7 Å². The molecule has 7 heteroatoms. The van der Waals surface area contributed by atoms with Crippen molar-refractivity contribution in [2.24, 2.45) is 5.92 Å². The van der Waals surface area contributed by atoms with Crippen LogP contribution in [0.25, 0.3) is 0 Å². The molecule has 39 heavy (non-hydrogen) atoms. The van der Waals surface area contributed by atoms with Crippen LogP contribution >= 0.6 is 0 Å². The number of ketones is 1. The zero-order valence-corrected chi connectivity index (χ0v) is 22.3. The van der Waals surface area contributed by atoms with Crippen LogP contribution in [0.3, 0.4) is 0 Å². The summed E-state index contributed by atoms with van der Waals surface area (Å²) in [6.07, 6.45) is 1.57. The van der Waals surface area contributed by atoms with Gasteiger partial charge in [0.1, 0.15) is 16.7 Å². The topological polar surface area (TPSA) is 87.7 Å². The fraction of sp³-hybridized carbons (Fsp3) is 0.344. The number of benzene rings is 3. The minimum Gasteiger partial charge on any atom is -0.493 e. The molecule has 0 unspecified atom stereocenters. The molecule has 2 fully saturated rings. The molecule has 0 saturated carbocycles. The number of fused-ring (bicyclic) bond motifs is 7. The number of hydrogen-bond acceptors (Lipinski definition) is 5. The second-order valence-electron chi connectivity index (χ2n) is 11.2. The first-order chi connectivity index (χ1) is 18.9. The molecule has 0 aromatic heterocycles. The van der Waals surface area contributed by atoms with Crippen LogP contribution < -0.4 is 15.4 Å². The SMILES string of the molecule is CCOc1ccccc1C(=O)[C@H]1[C@@H]2CCCN2[C@]2(C(=O)Nc3c(C)cc(C)cc32)[C@]12C(=O)Nc1ccccc12.